The maximum Gasteiger partial charge on any atom is 0.258 e. The first-order valence-corrected chi connectivity index (χ1v) is 15.0. The van der Waals surface area contributed by atoms with Crippen LogP contribution in [-0.4, -0.2) is 52.9 Å². The quantitative estimate of drug-likeness (QED) is 0.674. The number of anilines is 2. The molecule has 1 spiro atoms. The van der Waals surface area contributed by atoms with Gasteiger partial charge in [-0.2, -0.15) is 4.31 Å². The van der Waals surface area contributed by atoms with Crippen LogP contribution in [0.4, 0.5) is 11.4 Å². The molecule has 5 rings (SSSR count). The number of nitrogens with one attached hydrogen (secondary N) is 1. The average Bonchev–Trinajstić information content (AvgIpc) is 3.04. The molecule has 8 nitrogen and oxygen atoms in total. The van der Waals surface area contributed by atoms with Crippen LogP contribution in [0.1, 0.15) is 54.4 Å². The molecule has 182 valence electrons. The number of amides is 1. The Balaban J connectivity index is 1.52. The van der Waals surface area contributed by atoms with Crippen LogP contribution in [0, 0.1) is 0 Å². The Morgan fingerprint density at radius 2 is 1.68 bits per heavy atom. The lowest BCUT2D eigenvalue weighted by molar-refractivity contribution is 0.0982. The first-order chi connectivity index (χ1) is 16.1. The number of hydrogen-bond acceptors (Lipinski definition) is 5. The highest BCUT2D eigenvalue weighted by Crippen LogP contribution is 2.50. The maximum atomic E-state index is 13.7. The molecule has 10 heteroatoms. The Hall–Kier alpha value is -2.43. The van der Waals surface area contributed by atoms with Gasteiger partial charge < -0.3 is 4.90 Å². The van der Waals surface area contributed by atoms with Crippen LogP contribution in [0.2, 0.25) is 0 Å². The van der Waals surface area contributed by atoms with Crippen LogP contribution < -0.4 is 9.62 Å². The zero-order valence-electron chi connectivity index (χ0n) is 19.2. The largest absolute Gasteiger partial charge is 0.307 e. The number of hydrogen-bond donors (Lipinski definition) is 1. The minimum Gasteiger partial charge on any atom is -0.307 e. The van der Waals surface area contributed by atoms with Crippen LogP contribution >= 0.6 is 0 Å². The van der Waals surface area contributed by atoms with E-state index in [-0.39, 0.29) is 16.2 Å². The second-order valence-electron chi connectivity index (χ2n) is 9.62. The summed E-state index contributed by atoms with van der Waals surface area (Å²) in [5.41, 5.74) is 2.35. The van der Waals surface area contributed by atoms with E-state index in [0.29, 0.717) is 30.9 Å². The topological polar surface area (TPSA) is 104 Å². The first-order valence-electron chi connectivity index (χ1n) is 11.6. The normalized spacial score (nSPS) is 20.1. The Bertz CT molecular complexity index is 1340. The highest BCUT2D eigenvalue weighted by molar-refractivity contribution is 7.92. The predicted molar refractivity (Wildman–Crippen MR) is 131 cm³/mol. The first kappa shape index (κ1) is 23.3. The van der Waals surface area contributed by atoms with E-state index >= 15 is 0 Å². The average molecular weight is 504 g/mol. The zero-order valence-corrected chi connectivity index (χ0v) is 20.8. The van der Waals surface area contributed by atoms with Gasteiger partial charge in [-0.1, -0.05) is 25.3 Å². The lowest BCUT2D eigenvalue weighted by Crippen LogP contribution is -2.42. The van der Waals surface area contributed by atoms with Crippen molar-refractivity contribution in [2.24, 2.45) is 0 Å². The smallest absolute Gasteiger partial charge is 0.258 e. The van der Waals surface area contributed by atoms with Crippen LogP contribution in [0.15, 0.2) is 47.4 Å². The molecular weight excluding hydrogens is 474 g/mol. The summed E-state index contributed by atoms with van der Waals surface area (Å²) >= 11 is 0. The molecule has 0 radical (unpaired) electrons. The minimum absolute atomic E-state index is 0.137. The van der Waals surface area contributed by atoms with Gasteiger partial charge in [0, 0.05) is 42.0 Å². The van der Waals surface area contributed by atoms with E-state index in [1.54, 1.807) is 29.2 Å². The molecule has 0 atom stereocenters. The molecule has 0 bridgehead atoms. The molecule has 2 aromatic rings. The van der Waals surface area contributed by atoms with Crippen LogP contribution in [-0.2, 0) is 25.5 Å². The fourth-order valence-electron chi connectivity index (χ4n) is 5.41. The van der Waals surface area contributed by atoms with Gasteiger partial charge in [0.25, 0.3) is 5.91 Å². The number of benzene rings is 2. The lowest BCUT2D eigenvalue weighted by Gasteiger charge is -2.34. The van der Waals surface area contributed by atoms with Crippen LogP contribution in [0.3, 0.4) is 0 Å². The Morgan fingerprint density at radius 3 is 2.32 bits per heavy atom. The highest BCUT2D eigenvalue weighted by atomic mass is 32.2. The van der Waals surface area contributed by atoms with Crippen LogP contribution in [0.5, 0.6) is 0 Å². The van der Waals surface area contributed by atoms with Crippen molar-refractivity contribution in [1.82, 2.24) is 4.31 Å². The number of rotatable bonds is 5. The molecule has 2 heterocycles. The third-order valence-electron chi connectivity index (χ3n) is 7.21. The standard InChI is InChI=1S/C24H29N3O5S2/c1-33(29,30)25-19-9-10-22-21(16-19)24(11-3-2-4-12-24)17-27(22)23(28)18-7-5-8-20(15-18)34(31,32)26-13-6-14-26/h5,7-10,15-16,25H,2-4,6,11-14,17H2,1H3. The van der Waals surface area contributed by atoms with Crippen molar-refractivity contribution in [2.45, 2.75) is 48.8 Å². The van der Waals surface area contributed by atoms with Gasteiger partial charge in [-0.3, -0.25) is 9.52 Å². The molecule has 1 saturated heterocycles. The van der Waals surface area contributed by atoms with E-state index in [4.69, 9.17) is 0 Å². The second kappa shape index (κ2) is 8.35. The summed E-state index contributed by atoms with van der Waals surface area (Å²) in [6.45, 7) is 1.52. The van der Waals surface area contributed by atoms with Gasteiger partial charge >= 0.3 is 0 Å². The van der Waals surface area contributed by atoms with Gasteiger partial charge in [0.2, 0.25) is 20.0 Å². The summed E-state index contributed by atoms with van der Waals surface area (Å²) in [5, 5.41) is 0. The summed E-state index contributed by atoms with van der Waals surface area (Å²) in [7, 11) is -7.02. The molecule has 1 aliphatic carbocycles. The van der Waals surface area contributed by atoms with E-state index in [2.05, 4.69) is 4.72 Å². The van der Waals surface area contributed by atoms with Crippen molar-refractivity contribution in [3.8, 4) is 0 Å². The van der Waals surface area contributed by atoms with Gasteiger partial charge in [0.15, 0.2) is 0 Å². The Morgan fingerprint density at radius 1 is 0.941 bits per heavy atom. The molecule has 1 amide bonds. The molecule has 2 aromatic carbocycles. The fraction of sp³-hybridized carbons (Fsp3) is 0.458. The molecular formula is C24H29N3O5S2. The molecule has 1 saturated carbocycles. The van der Waals surface area contributed by atoms with E-state index in [0.717, 1.165) is 56.0 Å². The predicted octanol–water partition coefficient (Wildman–Crippen LogP) is 3.31. The van der Waals surface area contributed by atoms with Crippen molar-refractivity contribution < 1.29 is 21.6 Å². The monoisotopic (exact) mass is 503 g/mol. The number of sulfonamides is 2. The van der Waals surface area contributed by atoms with Crippen molar-refractivity contribution in [3.63, 3.8) is 0 Å². The highest BCUT2D eigenvalue weighted by Gasteiger charge is 2.45. The van der Waals surface area contributed by atoms with Crippen molar-refractivity contribution >= 4 is 37.3 Å². The van der Waals surface area contributed by atoms with E-state index in [1.165, 1.54) is 16.4 Å². The number of carbonyl (C=O) groups excluding carboxylic acids is 1. The van der Waals surface area contributed by atoms with Gasteiger partial charge in [0.1, 0.15) is 0 Å². The van der Waals surface area contributed by atoms with Gasteiger partial charge in [-0.15, -0.1) is 0 Å². The Labute approximate surface area is 201 Å². The summed E-state index contributed by atoms with van der Waals surface area (Å²) in [6, 6.07) is 11.6. The number of nitrogens with zero attached hydrogens (tertiary/aromatic N) is 2. The fourth-order valence-corrected chi connectivity index (χ4v) is 7.52. The number of fused-ring (bicyclic) bond motifs is 2. The van der Waals surface area contributed by atoms with Crippen molar-refractivity contribution in [3.05, 3.63) is 53.6 Å². The number of carbonyl (C=O) groups is 1. The molecule has 2 aliphatic heterocycles. The van der Waals surface area contributed by atoms with Crippen molar-refractivity contribution in [2.75, 3.05) is 35.5 Å². The van der Waals surface area contributed by atoms with E-state index < -0.39 is 20.0 Å². The third kappa shape index (κ3) is 4.12. The van der Waals surface area contributed by atoms with Gasteiger partial charge in [-0.25, -0.2) is 16.8 Å². The van der Waals surface area contributed by atoms with E-state index in [1.807, 2.05) is 6.07 Å². The maximum absolute atomic E-state index is 13.7. The molecule has 0 unspecified atom stereocenters. The molecule has 1 N–H and O–H groups in total. The zero-order chi connectivity index (χ0) is 24.1. The van der Waals surface area contributed by atoms with Gasteiger partial charge in [-0.05, 0) is 61.2 Å². The third-order valence-corrected chi connectivity index (χ3v) is 9.71. The molecule has 2 fully saturated rings. The van der Waals surface area contributed by atoms with Crippen LogP contribution in [0.25, 0.3) is 0 Å². The summed E-state index contributed by atoms with van der Waals surface area (Å²) in [5.74, 6) is -0.242. The summed E-state index contributed by atoms with van der Waals surface area (Å²) in [4.78, 5) is 15.6. The minimum atomic E-state index is -3.59. The molecule has 3 aliphatic rings. The van der Waals surface area contributed by atoms with E-state index in [9.17, 15) is 21.6 Å². The Kier molecular flexibility index (Phi) is 5.73. The summed E-state index contributed by atoms with van der Waals surface area (Å²) in [6.07, 6.45) is 7.06. The lowest BCUT2D eigenvalue weighted by atomic mass is 9.70. The molecule has 0 aromatic heterocycles. The van der Waals surface area contributed by atoms with Gasteiger partial charge in [0.05, 0.1) is 11.2 Å². The summed E-state index contributed by atoms with van der Waals surface area (Å²) < 4.78 is 53.2. The molecule has 34 heavy (non-hydrogen) atoms. The SMILES string of the molecule is CS(=O)(=O)Nc1ccc2c(c1)C1(CCCCC1)CN2C(=O)c1cccc(S(=O)(=O)N2CCC2)c1. The van der Waals surface area contributed by atoms with Crippen molar-refractivity contribution in [1.29, 1.82) is 0 Å². The second-order valence-corrected chi connectivity index (χ2v) is 13.3.